The summed E-state index contributed by atoms with van der Waals surface area (Å²) in [6.07, 6.45) is 1.68. The summed E-state index contributed by atoms with van der Waals surface area (Å²) in [4.78, 5) is 16.8. The molecule has 0 aliphatic rings. The number of nitrogens with zero attached hydrogens (tertiary/aromatic N) is 3. The van der Waals surface area contributed by atoms with Crippen molar-refractivity contribution in [3.63, 3.8) is 0 Å². The van der Waals surface area contributed by atoms with Crippen molar-refractivity contribution in [1.82, 2.24) is 4.57 Å². The minimum absolute atomic E-state index is 0.305. The lowest BCUT2D eigenvalue weighted by Crippen LogP contribution is -2.11. The van der Waals surface area contributed by atoms with E-state index in [-0.39, 0.29) is 5.97 Å². The van der Waals surface area contributed by atoms with Gasteiger partial charge < -0.3 is 13.7 Å². The molecule has 0 N–H and O–H groups in total. The second-order valence-electron chi connectivity index (χ2n) is 6.73. The van der Waals surface area contributed by atoms with Crippen molar-refractivity contribution in [2.24, 2.45) is 4.99 Å². The summed E-state index contributed by atoms with van der Waals surface area (Å²) in [7, 11) is 0. The highest BCUT2D eigenvalue weighted by atomic mass is 16.5. The van der Waals surface area contributed by atoms with Crippen LogP contribution in [0.4, 0.5) is 5.88 Å². The van der Waals surface area contributed by atoms with E-state index in [9.17, 15) is 10.1 Å². The van der Waals surface area contributed by atoms with Crippen LogP contribution >= 0.6 is 0 Å². The molecule has 0 bridgehead atoms. The van der Waals surface area contributed by atoms with Gasteiger partial charge in [-0.15, -0.1) is 0 Å². The number of rotatable bonds is 5. The largest absolute Gasteiger partial charge is 0.462 e. The second-order valence-corrected chi connectivity index (χ2v) is 6.73. The van der Waals surface area contributed by atoms with Gasteiger partial charge in [0.05, 0.1) is 17.9 Å². The Balaban J connectivity index is 2.05. The summed E-state index contributed by atoms with van der Waals surface area (Å²) >= 11 is 0. The molecule has 0 spiro atoms. The first-order chi connectivity index (χ1) is 13.9. The van der Waals surface area contributed by atoms with Gasteiger partial charge in [0.1, 0.15) is 17.4 Å². The predicted molar refractivity (Wildman–Crippen MR) is 111 cm³/mol. The highest BCUT2D eigenvalue weighted by Gasteiger charge is 2.18. The Hall–Kier alpha value is -3.59. The fourth-order valence-electron chi connectivity index (χ4n) is 3.30. The van der Waals surface area contributed by atoms with E-state index in [1.54, 1.807) is 19.2 Å². The normalized spacial score (nSPS) is 11.0. The van der Waals surface area contributed by atoms with E-state index in [2.05, 4.69) is 11.1 Å². The first-order valence-electron chi connectivity index (χ1n) is 9.38. The maximum Gasteiger partial charge on any atom is 0.340 e. The van der Waals surface area contributed by atoms with Crippen molar-refractivity contribution < 1.29 is 13.9 Å². The minimum Gasteiger partial charge on any atom is -0.462 e. The molecule has 1 aromatic carbocycles. The number of carbonyl (C=O) groups excluding carboxylic acids is 1. The SMILES string of the molecule is CCOC(=O)c1ccccc1-n1c(C)cc(C=Nc2oc(C)c(C)c2C#N)c1C. The smallest absolute Gasteiger partial charge is 0.340 e. The summed E-state index contributed by atoms with van der Waals surface area (Å²) in [5.74, 6) is 0.632. The van der Waals surface area contributed by atoms with Crippen molar-refractivity contribution in [3.05, 3.63) is 69.7 Å². The molecule has 0 amide bonds. The zero-order chi connectivity index (χ0) is 21.1. The molecule has 6 nitrogen and oxygen atoms in total. The molecule has 29 heavy (non-hydrogen) atoms. The molecule has 0 radical (unpaired) electrons. The van der Waals surface area contributed by atoms with Gasteiger partial charge in [0.25, 0.3) is 0 Å². The number of aliphatic imine (C=N–C) groups is 1. The van der Waals surface area contributed by atoms with E-state index < -0.39 is 0 Å². The number of furan rings is 1. The second kappa shape index (κ2) is 8.19. The molecule has 3 rings (SSSR count). The molecule has 0 fully saturated rings. The van der Waals surface area contributed by atoms with Gasteiger partial charge >= 0.3 is 5.97 Å². The summed E-state index contributed by atoms with van der Waals surface area (Å²) < 4.78 is 12.8. The first-order valence-corrected chi connectivity index (χ1v) is 9.38. The Kier molecular flexibility index (Phi) is 5.69. The number of aryl methyl sites for hydroxylation is 2. The predicted octanol–water partition coefficient (Wildman–Crippen LogP) is 5.10. The quantitative estimate of drug-likeness (QED) is 0.449. The number of esters is 1. The molecule has 3 aromatic rings. The Morgan fingerprint density at radius 2 is 2.00 bits per heavy atom. The maximum absolute atomic E-state index is 12.4. The van der Waals surface area contributed by atoms with Crippen molar-refractivity contribution in [3.8, 4) is 11.8 Å². The van der Waals surface area contributed by atoms with E-state index in [1.165, 1.54) is 0 Å². The monoisotopic (exact) mass is 389 g/mol. The number of hydrogen-bond donors (Lipinski definition) is 0. The van der Waals surface area contributed by atoms with Gasteiger partial charge in [-0.3, -0.25) is 0 Å². The molecule has 2 aromatic heterocycles. The fourth-order valence-corrected chi connectivity index (χ4v) is 3.30. The van der Waals surface area contributed by atoms with Gasteiger partial charge in [0, 0.05) is 28.7 Å². The molecule has 0 atom stereocenters. The van der Waals surface area contributed by atoms with Gasteiger partial charge in [-0.2, -0.15) is 5.26 Å². The molecule has 2 heterocycles. The number of para-hydroxylation sites is 1. The number of hydrogen-bond acceptors (Lipinski definition) is 5. The van der Waals surface area contributed by atoms with Crippen LogP contribution in [0.25, 0.3) is 5.69 Å². The summed E-state index contributed by atoms with van der Waals surface area (Å²) in [5, 5.41) is 9.36. The fraction of sp³-hybridized carbons (Fsp3) is 0.261. The third-order valence-electron chi connectivity index (χ3n) is 4.91. The molecule has 0 saturated carbocycles. The molecule has 0 aliphatic carbocycles. The van der Waals surface area contributed by atoms with Crippen molar-refractivity contribution in [2.75, 3.05) is 6.61 Å². The standard InChI is InChI=1S/C23H23N3O3/c1-6-28-23(27)19-9-7-8-10-21(19)26-14(2)11-18(16(26)4)13-25-22-20(12-24)15(3)17(5)29-22/h7-11,13H,6H2,1-5H3. The average Bonchev–Trinajstić information content (AvgIpc) is 3.14. The lowest BCUT2D eigenvalue weighted by molar-refractivity contribution is 0.0526. The van der Waals surface area contributed by atoms with Crippen LogP contribution in [0.5, 0.6) is 0 Å². The highest BCUT2D eigenvalue weighted by molar-refractivity contribution is 5.94. The van der Waals surface area contributed by atoms with E-state index in [0.717, 1.165) is 28.2 Å². The van der Waals surface area contributed by atoms with Crippen LogP contribution in [0, 0.1) is 39.0 Å². The third-order valence-corrected chi connectivity index (χ3v) is 4.91. The molecule has 6 heteroatoms. The van der Waals surface area contributed by atoms with Crippen molar-refractivity contribution >= 4 is 18.1 Å². The van der Waals surface area contributed by atoms with Crippen LogP contribution in [0.15, 0.2) is 39.7 Å². The van der Waals surface area contributed by atoms with Crippen LogP contribution in [0.3, 0.4) is 0 Å². The zero-order valence-corrected chi connectivity index (χ0v) is 17.2. The lowest BCUT2D eigenvalue weighted by Gasteiger charge is -2.14. The topological polar surface area (TPSA) is 80.5 Å². The van der Waals surface area contributed by atoms with Gasteiger partial charge in [-0.1, -0.05) is 12.1 Å². The third kappa shape index (κ3) is 3.72. The molecule has 148 valence electrons. The van der Waals surface area contributed by atoms with E-state index in [4.69, 9.17) is 9.15 Å². The van der Waals surface area contributed by atoms with E-state index in [0.29, 0.717) is 29.4 Å². The van der Waals surface area contributed by atoms with Gasteiger partial charge in [-0.05, 0) is 52.8 Å². The Morgan fingerprint density at radius 3 is 2.69 bits per heavy atom. The number of aromatic nitrogens is 1. The van der Waals surface area contributed by atoms with Gasteiger partial charge in [-0.25, -0.2) is 9.79 Å². The molecule has 0 saturated heterocycles. The van der Waals surface area contributed by atoms with Gasteiger partial charge in [0.2, 0.25) is 5.88 Å². The average molecular weight is 389 g/mol. The van der Waals surface area contributed by atoms with Crippen LogP contribution in [0.1, 0.15) is 51.1 Å². The first kappa shape index (κ1) is 20.2. The number of ether oxygens (including phenoxy) is 1. The van der Waals surface area contributed by atoms with E-state index in [1.807, 2.05) is 56.5 Å². The summed E-state index contributed by atoms with van der Waals surface area (Å²) in [6, 6.07) is 11.5. The molecular formula is C23H23N3O3. The van der Waals surface area contributed by atoms with E-state index >= 15 is 0 Å². The highest BCUT2D eigenvalue weighted by Crippen LogP contribution is 2.29. The minimum atomic E-state index is -0.356. The molecular weight excluding hydrogens is 366 g/mol. The Morgan fingerprint density at radius 1 is 1.28 bits per heavy atom. The number of nitriles is 1. The Labute approximate surface area is 170 Å². The number of carbonyl (C=O) groups is 1. The van der Waals surface area contributed by atoms with Crippen LogP contribution in [-0.2, 0) is 4.74 Å². The van der Waals surface area contributed by atoms with Crippen molar-refractivity contribution in [2.45, 2.75) is 34.6 Å². The summed E-state index contributed by atoms with van der Waals surface area (Å²) in [6.45, 7) is 9.68. The molecule has 0 unspecified atom stereocenters. The number of benzene rings is 1. The summed E-state index contributed by atoms with van der Waals surface area (Å²) in [5.41, 5.74) is 5.24. The van der Waals surface area contributed by atoms with Crippen LogP contribution in [0.2, 0.25) is 0 Å². The van der Waals surface area contributed by atoms with Gasteiger partial charge in [0.15, 0.2) is 0 Å². The lowest BCUT2D eigenvalue weighted by atomic mass is 10.1. The van der Waals surface area contributed by atoms with Crippen molar-refractivity contribution in [1.29, 1.82) is 5.26 Å². The Bertz CT molecular complexity index is 1140. The van der Waals surface area contributed by atoms with Crippen LogP contribution in [-0.4, -0.2) is 23.4 Å². The van der Waals surface area contributed by atoms with Crippen LogP contribution < -0.4 is 0 Å². The zero-order valence-electron chi connectivity index (χ0n) is 17.2. The maximum atomic E-state index is 12.4. The molecule has 0 aliphatic heterocycles.